The lowest BCUT2D eigenvalue weighted by Crippen LogP contribution is -2.52. The number of benzene rings is 2. The van der Waals surface area contributed by atoms with Gasteiger partial charge in [0.1, 0.15) is 11.6 Å². The maximum atomic E-state index is 14.0. The molecule has 0 unspecified atom stereocenters. The second-order valence-corrected chi connectivity index (χ2v) is 7.75. The first-order chi connectivity index (χ1) is 13.5. The van der Waals surface area contributed by atoms with E-state index in [1.807, 2.05) is 30.3 Å². The molecular formula is C22H24FNO4. The van der Waals surface area contributed by atoms with E-state index in [0.717, 1.165) is 11.6 Å². The molecule has 2 aromatic rings. The number of rotatable bonds is 2. The molecule has 0 bridgehead atoms. The molecule has 2 N–H and O–H groups in total. The van der Waals surface area contributed by atoms with Crippen molar-refractivity contribution >= 4 is 5.91 Å². The second-order valence-electron chi connectivity index (χ2n) is 7.75. The van der Waals surface area contributed by atoms with Crippen LogP contribution in [0.4, 0.5) is 4.39 Å². The molecule has 1 spiro atoms. The van der Waals surface area contributed by atoms with Gasteiger partial charge in [0.15, 0.2) is 0 Å². The Morgan fingerprint density at radius 2 is 1.86 bits per heavy atom. The van der Waals surface area contributed by atoms with Gasteiger partial charge in [-0.15, -0.1) is 0 Å². The molecule has 0 radical (unpaired) electrons. The van der Waals surface area contributed by atoms with Gasteiger partial charge in [0.2, 0.25) is 0 Å². The molecule has 0 saturated carbocycles. The van der Waals surface area contributed by atoms with E-state index in [-0.39, 0.29) is 23.3 Å². The van der Waals surface area contributed by atoms with Gasteiger partial charge in [-0.2, -0.15) is 0 Å². The molecule has 6 heteroatoms. The highest BCUT2D eigenvalue weighted by Gasteiger charge is 2.44. The van der Waals surface area contributed by atoms with Crippen LogP contribution < -0.4 is 0 Å². The van der Waals surface area contributed by atoms with E-state index in [1.165, 1.54) is 12.1 Å². The molecule has 28 heavy (non-hydrogen) atoms. The van der Waals surface area contributed by atoms with Gasteiger partial charge in [-0.25, -0.2) is 4.39 Å². The Hall–Kier alpha value is -2.44. The van der Waals surface area contributed by atoms with E-state index in [1.54, 1.807) is 4.90 Å². The molecule has 2 saturated heterocycles. The first kappa shape index (κ1) is 18.9. The van der Waals surface area contributed by atoms with Crippen molar-refractivity contribution in [1.29, 1.82) is 0 Å². The molecule has 2 heterocycles. The van der Waals surface area contributed by atoms with Crippen LogP contribution in [0.15, 0.2) is 48.5 Å². The number of phenols is 1. The molecular weight excluding hydrogens is 361 g/mol. The summed E-state index contributed by atoms with van der Waals surface area (Å²) in [5.41, 5.74) is 0.536. The predicted octanol–water partition coefficient (Wildman–Crippen LogP) is 3.42. The smallest absolute Gasteiger partial charge is 0.256 e. The minimum atomic E-state index is -0.723. The third-order valence-corrected chi connectivity index (χ3v) is 5.80. The molecule has 2 atom stereocenters. The van der Waals surface area contributed by atoms with Crippen LogP contribution in [0, 0.1) is 5.82 Å². The van der Waals surface area contributed by atoms with Gasteiger partial charge in [-0.1, -0.05) is 30.3 Å². The SMILES string of the molecule is O=C(c1ccc(O)cc1F)N1CCC2(CC1)C[C@H](O)C[C@H](c1ccccc1)O2. The van der Waals surface area contributed by atoms with Crippen molar-refractivity contribution < 1.29 is 24.1 Å². The van der Waals surface area contributed by atoms with Gasteiger partial charge in [0.05, 0.1) is 23.4 Å². The van der Waals surface area contributed by atoms with Gasteiger partial charge >= 0.3 is 0 Å². The van der Waals surface area contributed by atoms with Crippen LogP contribution in [-0.2, 0) is 4.74 Å². The second kappa shape index (κ2) is 7.53. The molecule has 2 fully saturated rings. The van der Waals surface area contributed by atoms with E-state index in [9.17, 15) is 19.4 Å². The van der Waals surface area contributed by atoms with Gasteiger partial charge < -0.3 is 19.8 Å². The van der Waals surface area contributed by atoms with Crippen molar-refractivity contribution in [3.63, 3.8) is 0 Å². The number of phenolic OH excluding ortho intramolecular Hbond substituents is 1. The van der Waals surface area contributed by atoms with Crippen molar-refractivity contribution in [2.24, 2.45) is 0 Å². The van der Waals surface area contributed by atoms with Crippen LogP contribution in [-0.4, -0.2) is 45.8 Å². The van der Waals surface area contributed by atoms with E-state index in [2.05, 4.69) is 0 Å². The summed E-state index contributed by atoms with van der Waals surface area (Å²) in [4.78, 5) is 14.3. The molecule has 0 aliphatic carbocycles. The summed E-state index contributed by atoms with van der Waals surface area (Å²) in [7, 11) is 0. The Labute approximate surface area is 163 Å². The molecule has 148 valence electrons. The van der Waals surface area contributed by atoms with E-state index < -0.39 is 17.5 Å². The van der Waals surface area contributed by atoms with Gasteiger partial charge in [0.25, 0.3) is 5.91 Å². The third kappa shape index (κ3) is 3.75. The van der Waals surface area contributed by atoms with Crippen molar-refractivity contribution in [1.82, 2.24) is 4.90 Å². The number of aromatic hydroxyl groups is 1. The number of aliphatic hydroxyl groups excluding tert-OH is 1. The highest BCUT2D eigenvalue weighted by Crippen LogP contribution is 2.43. The highest BCUT2D eigenvalue weighted by atomic mass is 19.1. The van der Waals surface area contributed by atoms with Crippen LogP contribution in [0.25, 0.3) is 0 Å². The summed E-state index contributed by atoms with van der Waals surface area (Å²) in [5.74, 6) is -1.31. The molecule has 0 aromatic heterocycles. The summed E-state index contributed by atoms with van der Waals surface area (Å²) >= 11 is 0. The first-order valence-corrected chi connectivity index (χ1v) is 9.64. The van der Waals surface area contributed by atoms with Crippen molar-refractivity contribution in [2.45, 2.75) is 43.5 Å². The number of hydrogen-bond donors (Lipinski definition) is 2. The van der Waals surface area contributed by atoms with Crippen LogP contribution in [0.5, 0.6) is 5.75 Å². The van der Waals surface area contributed by atoms with Crippen LogP contribution in [0.1, 0.15) is 47.7 Å². The van der Waals surface area contributed by atoms with E-state index in [0.29, 0.717) is 38.8 Å². The average molecular weight is 385 g/mol. The Balaban J connectivity index is 1.45. The quantitative estimate of drug-likeness (QED) is 0.831. The van der Waals surface area contributed by atoms with Crippen molar-refractivity contribution in [2.75, 3.05) is 13.1 Å². The number of ether oxygens (including phenoxy) is 1. The summed E-state index contributed by atoms with van der Waals surface area (Å²) in [6, 6.07) is 13.4. The minimum Gasteiger partial charge on any atom is -0.508 e. The third-order valence-electron chi connectivity index (χ3n) is 5.80. The normalized spacial score (nSPS) is 24.3. The molecule has 2 aliphatic rings. The predicted molar refractivity (Wildman–Crippen MR) is 101 cm³/mol. The van der Waals surface area contributed by atoms with Crippen molar-refractivity contribution in [3.05, 3.63) is 65.5 Å². The lowest BCUT2D eigenvalue weighted by Gasteiger charge is -2.48. The summed E-state index contributed by atoms with van der Waals surface area (Å²) in [6.45, 7) is 0.876. The molecule has 2 aromatic carbocycles. The lowest BCUT2D eigenvalue weighted by atomic mass is 9.81. The zero-order chi connectivity index (χ0) is 19.7. The molecule has 4 rings (SSSR count). The van der Waals surface area contributed by atoms with Crippen molar-refractivity contribution in [3.8, 4) is 5.75 Å². The number of likely N-dealkylation sites (tertiary alicyclic amines) is 1. The maximum absolute atomic E-state index is 14.0. The molecule has 1 amide bonds. The Morgan fingerprint density at radius 3 is 2.54 bits per heavy atom. The maximum Gasteiger partial charge on any atom is 0.256 e. The molecule has 5 nitrogen and oxygen atoms in total. The van der Waals surface area contributed by atoms with Crippen LogP contribution in [0.2, 0.25) is 0 Å². The summed E-state index contributed by atoms with van der Waals surface area (Å²) in [5, 5.41) is 19.8. The zero-order valence-corrected chi connectivity index (χ0v) is 15.6. The number of carbonyl (C=O) groups excluding carboxylic acids is 1. The number of piperidine rings is 1. The highest BCUT2D eigenvalue weighted by molar-refractivity contribution is 5.94. The number of hydrogen-bond acceptors (Lipinski definition) is 4. The summed E-state index contributed by atoms with van der Waals surface area (Å²) < 4.78 is 20.5. The number of amides is 1. The fourth-order valence-electron chi connectivity index (χ4n) is 4.32. The van der Waals surface area contributed by atoms with Gasteiger partial charge in [0, 0.05) is 32.0 Å². The van der Waals surface area contributed by atoms with E-state index >= 15 is 0 Å². The van der Waals surface area contributed by atoms with Crippen LogP contribution in [0.3, 0.4) is 0 Å². The zero-order valence-electron chi connectivity index (χ0n) is 15.6. The Morgan fingerprint density at radius 1 is 1.14 bits per heavy atom. The molecule has 2 aliphatic heterocycles. The minimum absolute atomic E-state index is 0.0412. The fourth-order valence-corrected chi connectivity index (χ4v) is 4.32. The fraction of sp³-hybridized carbons (Fsp3) is 0.409. The topological polar surface area (TPSA) is 70.0 Å². The number of halogens is 1. The number of aliphatic hydroxyl groups is 1. The number of carbonyl (C=O) groups is 1. The van der Waals surface area contributed by atoms with Crippen LogP contribution >= 0.6 is 0 Å². The van der Waals surface area contributed by atoms with Gasteiger partial charge in [-0.05, 0) is 30.5 Å². The standard InChI is InChI=1S/C22H24FNO4/c23-19-12-16(25)6-7-18(19)21(27)24-10-8-22(9-11-24)14-17(26)13-20(28-22)15-4-2-1-3-5-15/h1-7,12,17,20,25-26H,8-11,13-14H2/t17-,20-/m1/s1. The van der Waals surface area contributed by atoms with E-state index in [4.69, 9.17) is 4.74 Å². The number of nitrogens with zero attached hydrogens (tertiary/aromatic N) is 1. The average Bonchev–Trinajstić information content (AvgIpc) is 2.68. The first-order valence-electron chi connectivity index (χ1n) is 9.64. The summed E-state index contributed by atoms with van der Waals surface area (Å²) in [6.07, 6.45) is 1.69. The monoisotopic (exact) mass is 385 g/mol. The Kier molecular flexibility index (Phi) is 5.08. The largest absolute Gasteiger partial charge is 0.508 e. The lowest BCUT2D eigenvalue weighted by molar-refractivity contribution is -0.181. The van der Waals surface area contributed by atoms with Gasteiger partial charge in [-0.3, -0.25) is 4.79 Å². The Bertz CT molecular complexity index is 849.